The number of carbonyl (C=O) groups is 1. The number of rotatable bonds is 9. The zero-order chi connectivity index (χ0) is 21.5. The molecule has 4 rings (SSSR count). The molecule has 2 aromatic heterocycles. The van der Waals surface area contributed by atoms with E-state index in [0.717, 1.165) is 22.6 Å². The third kappa shape index (κ3) is 5.36. The van der Waals surface area contributed by atoms with Crippen molar-refractivity contribution in [2.75, 3.05) is 7.11 Å². The van der Waals surface area contributed by atoms with Gasteiger partial charge in [0.25, 0.3) is 0 Å². The lowest BCUT2D eigenvalue weighted by atomic mass is 10.2. The fraction of sp³-hybridized carbons (Fsp3) is 0.217. The van der Waals surface area contributed by atoms with Crippen LogP contribution in [0.1, 0.15) is 24.6 Å². The van der Waals surface area contributed by atoms with Crippen LogP contribution in [0.15, 0.2) is 65.2 Å². The minimum absolute atomic E-state index is 0.0581. The van der Waals surface area contributed by atoms with Gasteiger partial charge in [0.1, 0.15) is 11.6 Å². The summed E-state index contributed by atoms with van der Waals surface area (Å²) in [6, 6.07) is 17.3. The number of benzene rings is 2. The van der Waals surface area contributed by atoms with Crippen LogP contribution >= 0.6 is 0 Å². The number of hydrogen-bond donors (Lipinski definition) is 2. The summed E-state index contributed by atoms with van der Waals surface area (Å²) in [7, 11) is 1.62. The molecule has 2 heterocycles. The first-order valence-corrected chi connectivity index (χ1v) is 10.0. The second kappa shape index (κ2) is 9.71. The van der Waals surface area contributed by atoms with Gasteiger partial charge in [0.2, 0.25) is 5.91 Å². The number of ether oxygens (including phenoxy) is 1. The molecule has 1 amide bonds. The molecule has 31 heavy (non-hydrogen) atoms. The van der Waals surface area contributed by atoms with E-state index < -0.39 is 0 Å². The number of amides is 1. The summed E-state index contributed by atoms with van der Waals surface area (Å²) in [4.78, 5) is 20.9. The molecule has 0 saturated heterocycles. The first-order valence-electron chi connectivity index (χ1n) is 10.0. The van der Waals surface area contributed by atoms with E-state index in [1.54, 1.807) is 13.3 Å². The molecule has 2 N–H and O–H groups in total. The zero-order valence-corrected chi connectivity index (χ0v) is 17.2. The molecule has 0 unspecified atom stereocenters. The Morgan fingerprint density at radius 1 is 1.10 bits per heavy atom. The summed E-state index contributed by atoms with van der Waals surface area (Å²) < 4.78 is 10.9. The molecule has 0 saturated carbocycles. The molecule has 4 aromatic rings. The van der Waals surface area contributed by atoms with Gasteiger partial charge in [0.05, 0.1) is 19.9 Å². The highest BCUT2D eigenvalue weighted by atomic mass is 16.5. The van der Waals surface area contributed by atoms with Gasteiger partial charge in [-0.1, -0.05) is 30.3 Å². The lowest BCUT2D eigenvalue weighted by Gasteiger charge is -2.02. The lowest BCUT2D eigenvalue weighted by molar-refractivity contribution is -0.121. The molecule has 0 aliphatic carbocycles. The maximum atomic E-state index is 12.1. The van der Waals surface area contributed by atoms with Crippen molar-refractivity contribution in [3.8, 4) is 28.5 Å². The van der Waals surface area contributed by atoms with Crippen molar-refractivity contribution < 1.29 is 13.9 Å². The molecule has 158 valence electrons. The van der Waals surface area contributed by atoms with Crippen molar-refractivity contribution in [3.05, 3.63) is 72.5 Å². The normalized spacial score (nSPS) is 10.7. The summed E-state index contributed by atoms with van der Waals surface area (Å²) in [6.07, 6.45) is 3.34. The van der Waals surface area contributed by atoms with Crippen LogP contribution in [0.4, 0.5) is 0 Å². The minimum Gasteiger partial charge on any atom is -0.497 e. The molecule has 0 aliphatic heterocycles. The van der Waals surface area contributed by atoms with Crippen LogP contribution in [0.2, 0.25) is 0 Å². The average molecular weight is 417 g/mol. The van der Waals surface area contributed by atoms with Crippen molar-refractivity contribution in [1.82, 2.24) is 25.5 Å². The summed E-state index contributed by atoms with van der Waals surface area (Å²) in [5.74, 6) is 3.25. The fourth-order valence-corrected chi connectivity index (χ4v) is 3.08. The smallest absolute Gasteiger partial charge is 0.220 e. The van der Waals surface area contributed by atoms with Crippen LogP contribution in [-0.2, 0) is 17.8 Å². The van der Waals surface area contributed by atoms with Gasteiger partial charge in [0.15, 0.2) is 17.5 Å². The van der Waals surface area contributed by atoms with Gasteiger partial charge in [-0.15, -0.1) is 0 Å². The lowest BCUT2D eigenvalue weighted by Crippen LogP contribution is -2.23. The molecular formula is C23H23N5O3. The molecular weight excluding hydrogens is 394 g/mol. The number of carbonyl (C=O) groups excluding carboxylic acids is 1. The van der Waals surface area contributed by atoms with Gasteiger partial charge in [-0.3, -0.25) is 9.89 Å². The van der Waals surface area contributed by atoms with E-state index in [4.69, 9.17) is 9.15 Å². The van der Waals surface area contributed by atoms with Crippen molar-refractivity contribution in [3.63, 3.8) is 0 Å². The SMILES string of the molecule is COc1ccc(-c2n[nH]c(CNC(=O)CCCc3ncc(-c4ccccc4)o3)n2)cc1. The third-order valence-electron chi connectivity index (χ3n) is 4.74. The molecule has 0 radical (unpaired) electrons. The molecule has 8 nitrogen and oxygen atoms in total. The van der Waals surface area contributed by atoms with E-state index in [2.05, 4.69) is 25.5 Å². The van der Waals surface area contributed by atoms with E-state index in [-0.39, 0.29) is 5.91 Å². The number of aromatic amines is 1. The molecule has 2 aromatic carbocycles. The maximum absolute atomic E-state index is 12.1. The minimum atomic E-state index is -0.0581. The standard InChI is InChI=1S/C23H23N5O3/c1-30-18-12-10-17(11-13-18)23-26-20(27-28-23)15-24-21(29)8-5-9-22-25-14-19(31-22)16-6-3-2-4-7-16/h2-4,6-7,10-14H,5,8-9,15H2,1H3,(H,24,29)(H,26,27,28). The van der Waals surface area contributed by atoms with Crippen LogP contribution < -0.4 is 10.1 Å². The highest BCUT2D eigenvalue weighted by Gasteiger charge is 2.10. The summed E-state index contributed by atoms with van der Waals surface area (Å²) >= 11 is 0. The van der Waals surface area contributed by atoms with Gasteiger partial charge >= 0.3 is 0 Å². The number of aromatic nitrogens is 4. The second-order valence-electron chi connectivity index (χ2n) is 6.95. The zero-order valence-electron chi connectivity index (χ0n) is 17.2. The largest absolute Gasteiger partial charge is 0.497 e. The molecule has 0 bridgehead atoms. The van der Waals surface area contributed by atoms with E-state index in [0.29, 0.717) is 43.3 Å². The molecule has 0 atom stereocenters. The first kappa shape index (κ1) is 20.3. The number of H-pyrrole nitrogens is 1. The quantitative estimate of drug-likeness (QED) is 0.429. The Morgan fingerprint density at radius 2 is 1.90 bits per heavy atom. The van der Waals surface area contributed by atoms with Gasteiger partial charge in [-0.2, -0.15) is 5.10 Å². The Hall–Kier alpha value is -3.94. The van der Waals surface area contributed by atoms with Crippen LogP contribution in [0, 0.1) is 0 Å². The predicted molar refractivity (Wildman–Crippen MR) is 115 cm³/mol. The van der Waals surface area contributed by atoms with E-state index >= 15 is 0 Å². The van der Waals surface area contributed by atoms with Crippen LogP contribution in [0.3, 0.4) is 0 Å². The Bertz CT molecular complexity index is 1120. The Morgan fingerprint density at radius 3 is 2.68 bits per heavy atom. The van der Waals surface area contributed by atoms with Gasteiger partial charge in [0, 0.05) is 24.0 Å². The number of nitrogens with one attached hydrogen (secondary N) is 2. The van der Waals surface area contributed by atoms with Crippen molar-refractivity contribution in [2.45, 2.75) is 25.8 Å². The third-order valence-corrected chi connectivity index (χ3v) is 4.74. The fourth-order valence-electron chi connectivity index (χ4n) is 3.08. The molecule has 0 spiro atoms. The average Bonchev–Trinajstić information content (AvgIpc) is 3.48. The van der Waals surface area contributed by atoms with E-state index in [9.17, 15) is 4.79 Å². The molecule has 0 fully saturated rings. The predicted octanol–water partition coefficient (Wildman–Crippen LogP) is 3.77. The highest BCUT2D eigenvalue weighted by molar-refractivity contribution is 5.75. The Balaban J connectivity index is 1.21. The van der Waals surface area contributed by atoms with E-state index in [1.807, 2.05) is 54.6 Å². The highest BCUT2D eigenvalue weighted by Crippen LogP contribution is 2.21. The van der Waals surface area contributed by atoms with Crippen LogP contribution in [0.25, 0.3) is 22.7 Å². The molecule has 8 heteroatoms. The molecule has 0 aliphatic rings. The Labute approximate surface area is 179 Å². The Kier molecular flexibility index (Phi) is 6.37. The van der Waals surface area contributed by atoms with Gasteiger partial charge in [-0.25, -0.2) is 9.97 Å². The first-order chi connectivity index (χ1) is 15.2. The topological polar surface area (TPSA) is 106 Å². The number of hydrogen-bond acceptors (Lipinski definition) is 6. The number of methoxy groups -OCH3 is 1. The van der Waals surface area contributed by atoms with Crippen molar-refractivity contribution in [1.29, 1.82) is 0 Å². The van der Waals surface area contributed by atoms with Gasteiger partial charge in [-0.05, 0) is 30.7 Å². The maximum Gasteiger partial charge on any atom is 0.220 e. The van der Waals surface area contributed by atoms with Crippen molar-refractivity contribution in [2.24, 2.45) is 0 Å². The van der Waals surface area contributed by atoms with Crippen molar-refractivity contribution >= 4 is 5.91 Å². The second-order valence-corrected chi connectivity index (χ2v) is 6.95. The summed E-state index contributed by atoms with van der Waals surface area (Å²) in [5, 5.41) is 9.91. The van der Waals surface area contributed by atoms with Crippen LogP contribution in [0.5, 0.6) is 5.75 Å². The van der Waals surface area contributed by atoms with Gasteiger partial charge < -0.3 is 14.5 Å². The van der Waals surface area contributed by atoms with E-state index in [1.165, 1.54) is 0 Å². The van der Waals surface area contributed by atoms with Crippen LogP contribution in [-0.4, -0.2) is 33.2 Å². The summed E-state index contributed by atoms with van der Waals surface area (Å²) in [6.45, 7) is 0.291. The monoisotopic (exact) mass is 417 g/mol. The number of oxazole rings is 1. The summed E-state index contributed by atoms with van der Waals surface area (Å²) in [5.41, 5.74) is 1.86. The number of nitrogens with zero attached hydrogens (tertiary/aromatic N) is 3. The number of aryl methyl sites for hydroxylation is 1.